The number of fused-ring (bicyclic) bond motifs is 1. The fourth-order valence-corrected chi connectivity index (χ4v) is 2.76. The topological polar surface area (TPSA) is 52.5 Å². The molecule has 1 fully saturated rings. The third-order valence-corrected chi connectivity index (χ3v) is 3.64. The summed E-state index contributed by atoms with van der Waals surface area (Å²) in [6, 6.07) is 7.91. The number of nitrogens with one attached hydrogen (secondary N) is 1. The number of nitriles is 1. The van der Waals surface area contributed by atoms with Gasteiger partial charge < -0.3 is 4.98 Å². The first-order valence-electron chi connectivity index (χ1n) is 6.24. The molecular weight excluding hydrogens is 210 g/mol. The van der Waals surface area contributed by atoms with Gasteiger partial charge in [0.2, 0.25) is 0 Å². The van der Waals surface area contributed by atoms with Gasteiger partial charge in [-0.1, -0.05) is 31.7 Å². The van der Waals surface area contributed by atoms with E-state index in [0.29, 0.717) is 5.56 Å². The van der Waals surface area contributed by atoms with Gasteiger partial charge in [0.1, 0.15) is 17.4 Å². The predicted octanol–water partition coefficient (Wildman–Crippen LogP) is 3.17. The van der Waals surface area contributed by atoms with Gasteiger partial charge in [-0.3, -0.25) is 0 Å². The van der Waals surface area contributed by atoms with Crippen molar-refractivity contribution in [3.63, 3.8) is 0 Å². The summed E-state index contributed by atoms with van der Waals surface area (Å²) in [6.45, 7) is 0. The van der Waals surface area contributed by atoms with Crippen LogP contribution in [0.25, 0.3) is 11.0 Å². The zero-order valence-corrected chi connectivity index (χ0v) is 9.74. The number of hydrogen-bond donors (Lipinski definition) is 1. The number of imidazole rings is 1. The van der Waals surface area contributed by atoms with Gasteiger partial charge in [-0.15, -0.1) is 0 Å². The van der Waals surface area contributed by atoms with E-state index in [0.717, 1.165) is 29.2 Å². The lowest BCUT2D eigenvalue weighted by Gasteiger charge is -2.04. The van der Waals surface area contributed by atoms with E-state index in [1.54, 1.807) is 0 Å². The van der Waals surface area contributed by atoms with E-state index in [1.165, 1.54) is 25.7 Å². The second-order valence-corrected chi connectivity index (χ2v) is 4.85. The molecular formula is C14H15N3. The normalized spacial score (nSPS) is 16.4. The van der Waals surface area contributed by atoms with Gasteiger partial charge in [-0.05, 0) is 18.1 Å². The van der Waals surface area contributed by atoms with Gasteiger partial charge in [0, 0.05) is 6.42 Å². The van der Waals surface area contributed by atoms with E-state index in [4.69, 9.17) is 5.26 Å². The number of nitrogens with zero attached hydrogens (tertiary/aromatic N) is 2. The Kier molecular flexibility index (Phi) is 2.56. The number of benzene rings is 1. The van der Waals surface area contributed by atoms with Crippen LogP contribution in [0.1, 0.15) is 37.1 Å². The quantitative estimate of drug-likeness (QED) is 0.853. The van der Waals surface area contributed by atoms with Crippen molar-refractivity contribution in [3.8, 4) is 6.07 Å². The van der Waals surface area contributed by atoms with E-state index in [2.05, 4.69) is 16.0 Å². The second-order valence-electron chi connectivity index (χ2n) is 4.85. The Balaban J connectivity index is 1.93. The first kappa shape index (κ1) is 10.3. The Morgan fingerprint density at radius 3 is 2.94 bits per heavy atom. The van der Waals surface area contributed by atoms with Crippen molar-refractivity contribution >= 4 is 11.0 Å². The average molecular weight is 225 g/mol. The summed E-state index contributed by atoms with van der Waals surface area (Å²) in [6.07, 6.45) is 6.38. The summed E-state index contributed by atoms with van der Waals surface area (Å²) >= 11 is 0. The van der Waals surface area contributed by atoms with Crippen LogP contribution < -0.4 is 0 Å². The van der Waals surface area contributed by atoms with Gasteiger partial charge >= 0.3 is 0 Å². The summed E-state index contributed by atoms with van der Waals surface area (Å²) < 4.78 is 0. The molecule has 0 saturated heterocycles. The van der Waals surface area contributed by atoms with Crippen molar-refractivity contribution in [2.24, 2.45) is 5.92 Å². The number of hydrogen-bond acceptors (Lipinski definition) is 2. The third-order valence-electron chi connectivity index (χ3n) is 3.64. The lowest BCUT2D eigenvalue weighted by atomic mass is 10.0. The first-order chi connectivity index (χ1) is 8.36. The van der Waals surface area contributed by atoms with Gasteiger partial charge in [0.15, 0.2) is 0 Å². The Morgan fingerprint density at radius 2 is 2.18 bits per heavy atom. The molecule has 1 aliphatic carbocycles. The van der Waals surface area contributed by atoms with E-state index in [1.807, 2.05) is 18.2 Å². The molecule has 2 aromatic rings. The average Bonchev–Trinajstić information content (AvgIpc) is 2.97. The molecule has 1 N–H and O–H groups in total. The van der Waals surface area contributed by atoms with E-state index >= 15 is 0 Å². The molecule has 86 valence electrons. The Morgan fingerprint density at radius 1 is 1.35 bits per heavy atom. The van der Waals surface area contributed by atoms with E-state index < -0.39 is 0 Å². The Hall–Kier alpha value is -1.82. The zero-order valence-electron chi connectivity index (χ0n) is 9.74. The van der Waals surface area contributed by atoms with Crippen LogP contribution in [0, 0.1) is 17.2 Å². The van der Waals surface area contributed by atoms with Crippen molar-refractivity contribution < 1.29 is 0 Å². The fourth-order valence-electron chi connectivity index (χ4n) is 2.76. The summed E-state index contributed by atoms with van der Waals surface area (Å²) in [4.78, 5) is 7.90. The first-order valence-corrected chi connectivity index (χ1v) is 6.24. The molecule has 3 rings (SSSR count). The number of rotatable bonds is 2. The molecule has 1 aromatic carbocycles. The monoisotopic (exact) mass is 225 g/mol. The highest BCUT2D eigenvalue weighted by atomic mass is 14.9. The third kappa shape index (κ3) is 1.91. The molecule has 0 spiro atoms. The van der Waals surface area contributed by atoms with Crippen LogP contribution in [0.3, 0.4) is 0 Å². The van der Waals surface area contributed by atoms with Crippen molar-refractivity contribution in [3.05, 3.63) is 29.6 Å². The molecule has 0 unspecified atom stereocenters. The minimum atomic E-state index is 0.663. The molecule has 3 heteroatoms. The molecule has 0 atom stereocenters. The molecule has 17 heavy (non-hydrogen) atoms. The summed E-state index contributed by atoms with van der Waals surface area (Å²) in [5.41, 5.74) is 2.47. The van der Waals surface area contributed by atoms with Gasteiger partial charge in [-0.2, -0.15) is 5.26 Å². The second kappa shape index (κ2) is 4.21. The molecule has 1 saturated carbocycles. The summed E-state index contributed by atoms with van der Waals surface area (Å²) in [5, 5.41) is 9.03. The summed E-state index contributed by atoms with van der Waals surface area (Å²) in [5.74, 6) is 1.82. The minimum Gasteiger partial charge on any atom is -0.342 e. The van der Waals surface area contributed by atoms with Crippen LogP contribution in [0.5, 0.6) is 0 Å². The van der Waals surface area contributed by atoms with Crippen LogP contribution in [0.15, 0.2) is 18.2 Å². The summed E-state index contributed by atoms with van der Waals surface area (Å²) in [7, 11) is 0. The Labute approximate surface area is 100 Å². The van der Waals surface area contributed by atoms with Gasteiger partial charge in [-0.25, -0.2) is 4.98 Å². The highest BCUT2D eigenvalue weighted by Crippen LogP contribution is 2.28. The van der Waals surface area contributed by atoms with Crippen LogP contribution in [0.4, 0.5) is 0 Å². The molecule has 1 heterocycles. The van der Waals surface area contributed by atoms with Crippen molar-refractivity contribution in [2.45, 2.75) is 32.1 Å². The number of aromatic nitrogens is 2. The van der Waals surface area contributed by atoms with Crippen molar-refractivity contribution in [2.75, 3.05) is 0 Å². The molecule has 3 nitrogen and oxygen atoms in total. The highest BCUT2D eigenvalue weighted by Gasteiger charge is 2.17. The number of para-hydroxylation sites is 1. The van der Waals surface area contributed by atoms with E-state index in [9.17, 15) is 0 Å². The molecule has 0 aliphatic heterocycles. The zero-order chi connectivity index (χ0) is 11.7. The largest absolute Gasteiger partial charge is 0.342 e. The predicted molar refractivity (Wildman–Crippen MR) is 66.5 cm³/mol. The maximum atomic E-state index is 9.03. The minimum absolute atomic E-state index is 0.663. The van der Waals surface area contributed by atoms with Gasteiger partial charge in [0.05, 0.1) is 11.1 Å². The van der Waals surface area contributed by atoms with Gasteiger partial charge in [0.25, 0.3) is 0 Å². The Bertz CT molecular complexity index is 571. The maximum absolute atomic E-state index is 9.03. The van der Waals surface area contributed by atoms with Crippen LogP contribution in [-0.2, 0) is 6.42 Å². The van der Waals surface area contributed by atoms with Crippen LogP contribution >= 0.6 is 0 Å². The highest BCUT2D eigenvalue weighted by molar-refractivity contribution is 5.81. The number of H-pyrrole nitrogens is 1. The van der Waals surface area contributed by atoms with Crippen molar-refractivity contribution in [1.29, 1.82) is 5.26 Å². The molecule has 0 bridgehead atoms. The smallest absolute Gasteiger partial charge is 0.107 e. The molecule has 1 aliphatic rings. The van der Waals surface area contributed by atoms with Crippen LogP contribution in [0.2, 0.25) is 0 Å². The number of aromatic amines is 1. The molecule has 0 radical (unpaired) electrons. The standard InChI is InChI=1S/C14H15N3/c15-9-11-6-3-7-12-14(11)17-13(16-12)8-10-4-1-2-5-10/h3,6-7,10H,1-2,4-5,8H2,(H,16,17). The lowest BCUT2D eigenvalue weighted by Crippen LogP contribution is -2.00. The lowest BCUT2D eigenvalue weighted by molar-refractivity contribution is 0.534. The maximum Gasteiger partial charge on any atom is 0.107 e. The van der Waals surface area contributed by atoms with E-state index in [-0.39, 0.29) is 0 Å². The SMILES string of the molecule is N#Cc1cccc2[nH]c(CC3CCCC3)nc12. The molecule has 1 aromatic heterocycles. The fraction of sp³-hybridized carbons (Fsp3) is 0.429. The van der Waals surface area contributed by atoms with Crippen molar-refractivity contribution in [1.82, 2.24) is 9.97 Å². The van der Waals surface area contributed by atoms with Crippen LogP contribution in [-0.4, -0.2) is 9.97 Å². The molecule has 0 amide bonds.